The van der Waals surface area contributed by atoms with E-state index >= 15 is 0 Å². The lowest BCUT2D eigenvalue weighted by Crippen LogP contribution is -1.99. The molecule has 0 saturated carbocycles. The van der Waals surface area contributed by atoms with E-state index in [1.54, 1.807) is 6.33 Å². The van der Waals surface area contributed by atoms with Crippen LogP contribution in [-0.2, 0) is 0 Å². The van der Waals surface area contributed by atoms with E-state index in [1.165, 1.54) is 16.8 Å². The Morgan fingerprint density at radius 3 is 1.74 bits per heavy atom. The highest BCUT2D eigenvalue weighted by Gasteiger charge is 2.10. The van der Waals surface area contributed by atoms with Crippen molar-refractivity contribution in [2.75, 3.05) is 0 Å². The van der Waals surface area contributed by atoms with E-state index in [0.717, 1.165) is 6.32 Å². The van der Waals surface area contributed by atoms with Crippen molar-refractivity contribution >= 4 is 7.85 Å². The summed E-state index contributed by atoms with van der Waals surface area (Å²) in [6.45, 7) is 4.26. The van der Waals surface area contributed by atoms with Crippen LogP contribution in [0.2, 0.25) is 6.32 Å². The summed E-state index contributed by atoms with van der Waals surface area (Å²) in [7, 11) is 2.24. The number of aromatic amines is 1. The summed E-state index contributed by atoms with van der Waals surface area (Å²) in [4.78, 5) is 6.91. The quantitative estimate of drug-likeness (QED) is 0.711. The predicted octanol–water partition coefficient (Wildman–Crippen LogP) is 4.40. The highest BCUT2D eigenvalue weighted by Crippen LogP contribution is 2.26. The van der Waals surface area contributed by atoms with Crippen molar-refractivity contribution < 1.29 is 0 Å². The van der Waals surface area contributed by atoms with E-state index < -0.39 is 0 Å². The summed E-state index contributed by atoms with van der Waals surface area (Å²) in [6, 6.07) is 21.4. The molecule has 2 aromatic carbocycles. The second-order valence-electron chi connectivity index (χ2n) is 5.94. The van der Waals surface area contributed by atoms with Gasteiger partial charge in [-0.3, -0.25) is 0 Å². The molecule has 3 rings (SSSR count). The number of benzene rings is 2. The van der Waals surface area contributed by atoms with Crippen LogP contribution < -0.4 is 0 Å². The standard InChI is InChI=1S/C14H15B.C6H10N2/c15-11-14(12-7-3-1-4-8-12)13-9-5-2-6-10-13;1-5(2)6-3-7-4-8-6/h1-10,14H,11,15H2;3-5H,1-2H3,(H,7,8). The molecule has 118 valence electrons. The van der Waals surface area contributed by atoms with Crippen LogP contribution in [0, 0.1) is 0 Å². The van der Waals surface area contributed by atoms with Crippen LogP contribution in [0.25, 0.3) is 0 Å². The summed E-state index contributed by atoms with van der Waals surface area (Å²) in [5.74, 6) is 1.10. The van der Waals surface area contributed by atoms with Crippen molar-refractivity contribution in [1.29, 1.82) is 0 Å². The lowest BCUT2D eigenvalue weighted by Gasteiger charge is -2.15. The molecule has 3 heteroatoms. The number of hydrogen-bond donors (Lipinski definition) is 1. The number of nitrogens with one attached hydrogen (secondary N) is 1. The molecule has 0 aliphatic heterocycles. The molecule has 1 N–H and O–H groups in total. The maximum atomic E-state index is 3.89. The predicted molar refractivity (Wildman–Crippen MR) is 101 cm³/mol. The van der Waals surface area contributed by atoms with Crippen molar-refractivity contribution in [3.05, 3.63) is 90.0 Å². The van der Waals surface area contributed by atoms with Crippen molar-refractivity contribution in [3.63, 3.8) is 0 Å². The highest BCUT2D eigenvalue weighted by atomic mass is 14.9. The van der Waals surface area contributed by atoms with E-state index in [0.29, 0.717) is 11.8 Å². The van der Waals surface area contributed by atoms with E-state index in [9.17, 15) is 0 Å². The minimum Gasteiger partial charge on any atom is -0.348 e. The average Bonchev–Trinajstić information content (AvgIpc) is 3.13. The Balaban J connectivity index is 0.000000203. The van der Waals surface area contributed by atoms with E-state index in [1.807, 2.05) is 6.20 Å². The third-order valence-corrected chi connectivity index (χ3v) is 3.95. The first-order valence-corrected chi connectivity index (χ1v) is 8.30. The highest BCUT2D eigenvalue weighted by molar-refractivity contribution is 6.09. The molecule has 0 aliphatic rings. The number of imidazole rings is 1. The molecule has 0 atom stereocenters. The summed E-state index contributed by atoms with van der Waals surface area (Å²) >= 11 is 0. The molecule has 0 fully saturated rings. The first kappa shape index (κ1) is 17.1. The largest absolute Gasteiger partial charge is 0.348 e. The fourth-order valence-electron chi connectivity index (χ4n) is 2.62. The minimum absolute atomic E-state index is 0.535. The van der Waals surface area contributed by atoms with Gasteiger partial charge in [0.2, 0.25) is 0 Å². The Hall–Kier alpha value is -2.29. The Morgan fingerprint density at radius 2 is 1.43 bits per heavy atom. The second-order valence-corrected chi connectivity index (χ2v) is 5.94. The minimum atomic E-state index is 0.535. The monoisotopic (exact) mass is 304 g/mol. The SMILES string of the molecule is BCC(c1ccccc1)c1ccccc1.CC(C)c1cnc[nH]1. The maximum absolute atomic E-state index is 3.89. The fraction of sp³-hybridized carbons (Fsp3) is 0.250. The first-order chi connectivity index (χ1) is 11.2. The van der Waals surface area contributed by atoms with E-state index in [2.05, 4.69) is 92.3 Å². The van der Waals surface area contributed by atoms with Gasteiger partial charge in [0, 0.05) is 17.8 Å². The molecule has 0 amide bonds. The number of aromatic nitrogens is 2. The zero-order chi connectivity index (χ0) is 16.5. The summed E-state index contributed by atoms with van der Waals surface area (Å²) < 4.78 is 0. The zero-order valence-electron chi connectivity index (χ0n) is 14.2. The van der Waals surface area contributed by atoms with Gasteiger partial charge in [0.15, 0.2) is 0 Å². The molecule has 2 nitrogen and oxygen atoms in total. The molecule has 3 aromatic rings. The molecule has 0 unspecified atom stereocenters. The van der Waals surface area contributed by atoms with Crippen LogP contribution in [-0.4, -0.2) is 17.8 Å². The lowest BCUT2D eigenvalue weighted by atomic mass is 9.81. The Morgan fingerprint density at radius 1 is 0.913 bits per heavy atom. The fourth-order valence-corrected chi connectivity index (χ4v) is 2.62. The Bertz CT molecular complexity index is 609. The molecule has 0 radical (unpaired) electrons. The average molecular weight is 304 g/mol. The van der Waals surface area contributed by atoms with Gasteiger partial charge < -0.3 is 4.98 Å². The molecule has 0 spiro atoms. The van der Waals surface area contributed by atoms with Gasteiger partial charge in [-0.05, 0) is 17.0 Å². The van der Waals surface area contributed by atoms with Crippen LogP contribution in [0.5, 0.6) is 0 Å². The van der Waals surface area contributed by atoms with Crippen LogP contribution in [0.15, 0.2) is 73.2 Å². The van der Waals surface area contributed by atoms with Gasteiger partial charge in [-0.1, -0.05) is 80.8 Å². The Labute approximate surface area is 140 Å². The number of nitrogens with zero attached hydrogens (tertiary/aromatic N) is 1. The van der Waals surface area contributed by atoms with Gasteiger partial charge >= 0.3 is 0 Å². The molecular formula is C20H25BN2. The number of H-pyrrole nitrogens is 1. The maximum Gasteiger partial charge on any atom is 0.102 e. The summed E-state index contributed by atoms with van der Waals surface area (Å²) in [6.07, 6.45) is 4.70. The van der Waals surface area contributed by atoms with Crippen LogP contribution >= 0.6 is 0 Å². The Kier molecular flexibility index (Phi) is 6.67. The van der Waals surface area contributed by atoms with Gasteiger partial charge in [-0.25, -0.2) is 4.98 Å². The normalized spacial score (nSPS) is 10.4. The molecule has 0 bridgehead atoms. The van der Waals surface area contributed by atoms with Crippen molar-refractivity contribution in [2.45, 2.75) is 32.0 Å². The van der Waals surface area contributed by atoms with Crippen molar-refractivity contribution in [1.82, 2.24) is 9.97 Å². The van der Waals surface area contributed by atoms with E-state index in [-0.39, 0.29) is 0 Å². The number of rotatable bonds is 4. The molecule has 23 heavy (non-hydrogen) atoms. The van der Waals surface area contributed by atoms with Crippen LogP contribution in [0.3, 0.4) is 0 Å². The van der Waals surface area contributed by atoms with Gasteiger partial charge in [-0.2, -0.15) is 0 Å². The second kappa shape index (κ2) is 8.99. The lowest BCUT2D eigenvalue weighted by molar-refractivity contribution is 0.832. The number of hydrogen-bond acceptors (Lipinski definition) is 1. The molecular weight excluding hydrogens is 279 g/mol. The van der Waals surface area contributed by atoms with Crippen LogP contribution in [0.4, 0.5) is 0 Å². The summed E-state index contributed by atoms with van der Waals surface area (Å²) in [5, 5.41) is 0. The third-order valence-electron chi connectivity index (χ3n) is 3.95. The third kappa shape index (κ3) is 5.13. The first-order valence-electron chi connectivity index (χ1n) is 8.30. The molecule has 0 saturated heterocycles. The molecule has 0 aliphatic carbocycles. The zero-order valence-corrected chi connectivity index (χ0v) is 14.2. The van der Waals surface area contributed by atoms with Gasteiger partial charge in [0.1, 0.15) is 7.85 Å². The van der Waals surface area contributed by atoms with Crippen molar-refractivity contribution in [3.8, 4) is 0 Å². The van der Waals surface area contributed by atoms with Gasteiger partial charge in [0.25, 0.3) is 0 Å². The van der Waals surface area contributed by atoms with E-state index in [4.69, 9.17) is 0 Å². The van der Waals surface area contributed by atoms with Gasteiger partial charge in [-0.15, -0.1) is 0 Å². The topological polar surface area (TPSA) is 28.7 Å². The van der Waals surface area contributed by atoms with Gasteiger partial charge in [0.05, 0.1) is 6.33 Å². The van der Waals surface area contributed by atoms with Crippen molar-refractivity contribution in [2.24, 2.45) is 0 Å². The summed E-state index contributed by atoms with van der Waals surface area (Å²) in [5.41, 5.74) is 4.02. The van der Waals surface area contributed by atoms with Crippen LogP contribution in [0.1, 0.15) is 42.5 Å². The molecule has 1 heterocycles. The molecule has 1 aromatic heterocycles. The smallest absolute Gasteiger partial charge is 0.102 e.